The number of hydrogen-bond acceptors (Lipinski definition) is 7. The lowest BCUT2D eigenvalue weighted by Gasteiger charge is -2.48. The van der Waals surface area contributed by atoms with E-state index in [1.54, 1.807) is 6.20 Å². The minimum Gasteiger partial charge on any atom is -0.450 e. The largest absolute Gasteiger partial charge is 0.450 e. The monoisotopic (exact) mass is 438 g/mol. The minimum absolute atomic E-state index is 0.168. The number of pyridine rings is 1. The van der Waals surface area contributed by atoms with Crippen LogP contribution in [0.3, 0.4) is 0 Å². The van der Waals surface area contributed by atoms with E-state index in [1.807, 2.05) is 30.2 Å². The average molecular weight is 439 g/mol. The van der Waals surface area contributed by atoms with Gasteiger partial charge in [0.25, 0.3) is 5.56 Å². The molecule has 1 unspecified atom stereocenters. The Kier molecular flexibility index (Phi) is 5.58. The first-order valence-corrected chi connectivity index (χ1v) is 11.5. The third kappa shape index (κ3) is 3.97. The van der Waals surface area contributed by atoms with Gasteiger partial charge in [-0.05, 0) is 38.3 Å². The van der Waals surface area contributed by atoms with Gasteiger partial charge in [-0.3, -0.25) is 9.69 Å². The first-order chi connectivity index (χ1) is 15.6. The average Bonchev–Trinajstić information content (AvgIpc) is 3.25. The Balaban J connectivity index is 1.19. The molecule has 170 valence electrons. The van der Waals surface area contributed by atoms with Crippen molar-refractivity contribution in [3.63, 3.8) is 0 Å². The highest BCUT2D eigenvalue weighted by molar-refractivity contribution is 5.72. The fraction of sp³-hybridized carbons (Fsp3) is 0.565. The molecule has 2 aliphatic heterocycles. The number of rotatable bonds is 4. The number of anilines is 1. The number of ether oxygens (including phenoxy) is 1. The molecule has 2 saturated heterocycles. The molecule has 1 saturated carbocycles. The highest BCUT2D eigenvalue weighted by atomic mass is 16.6. The van der Waals surface area contributed by atoms with E-state index < -0.39 is 0 Å². The number of likely N-dealkylation sites (tertiary alicyclic amines) is 1. The van der Waals surface area contributed by atoms with E-state index in [0.29, 0.717) is 18.1 Å². The molecule has 0 bridgehead atoms. The number of H-pyrrole nitrogens is 1. The Morgan fingerprint density at radius 1 is 1.25 bits per heavy atom. The lowest BCUT2D eigenvalue weighted by Crippen LogP contribution is -2.58. The molecule has 2 aromatic heterocycles. The highest BCUT2D eigenvalue weighted by Gasteiger charge is 2.51. The van der Waals surface area contributed by atoms with Crippen molar-refractivity contribution >= 4 is 11.9 Å². The molecule has 1 atom stereocenters. The summed E-state index contributed by atoms with van der Waals surface area (Å²) >= 11 is 0. The molecular weight excluding hydrogens is 408 g/mol. The van der Waals surface area contributed by atoms with Gasteiger partial charge in [0.05, 0.1) is 18.5 Å². The van der Waals surface area contributed by atoms with Gasteiger partial charge in [0.1, 0.15) is 5.82 Å². The molecule has 2 aromatic rings. The number of carbonyl (C=O) groups excluding carboxylic acids is 1. The molecule has 1 aliphatic carbocycles. The van der Waals surface area contributed by atoms with Gasteiger partial charge in [0.15, 0.2) is 0 Å². The van der Waals surface area contributed by atoms with Crippen molar-refractivity contribution in [3.05, 3.63) is 41.1 Å². The summed E-state index contributed by atoms with van der Waals surface area (Å²) in [7, 11) is 0. The fourth-order valence-electron chi connectivity index (χ4n) is 5.52. The summed E-state index contributed by atoms with van der Waals surface area (Å²) in [5, 5.41) is 0. The van der Waals surface area contributed by atoms with E-state index >= 15 is 0 Å². The van der Waals surface area contributed by atoms with Crippen LogP contribution < -0.4 is 10.5 Å². The third-order valence-electron chi connectivity index (χ3n) is 7.12. The van der Waals surface area contributed by atoms with Gasteiger partial charge < -0.3 is 19.5 Å². The number of nitrogens with zero attached hydrogens (tertiary/aromatic N) is 5. The van der Waals surface area contributed by atoms with Gasteiger partial charge in [0.2, 0.25) is 0 Å². The number of nitrogens with one attached hydrogen (secondary N) is 1. The van der Waals surface area contributed by atoms with Crippen LogP contribution in [0.5, 0.6) is 0 Å². The summed E-state index contributed by atoms with van der Waals surface area (Å²) < 4.78 is 5.14. The fourth-order valence-corrected chi connectivity index (χ4v) is 5.52. The zero-order valence-electron chi connectivity index (χ0n) is 18.5. The first kappa shape index (κ1) is 20.9. The molecule has 32 heavy (non-hydrogen) atoms. The Morgan fingerprint density at radius 2 is 2.06 bits per heavy atom. The predicted molar refractivity (Wildman–Crippen MR) is 121 cm³/mol. The number of aromatic amines is 1. The van der Waals surface area contributed by atoms with Crippen LogP contribution >= 0.6 is 0 Å². The van der Waals surface area contributed by atoms with Gasteiger partial charge in [-0.1, -0.05) is 0 Å². The summed E-state index contributed by atoms with van der Waals surface area (Å²) in [6.45, 7) is 7.78. The second-order valence-corrected chi connectivity index (χ2v) is 9.15. The standard InChI is InChI=1S/C23H30N6O3/c1-2-32-22(31)29-15-23(16-29)6-5-17(12-23)27-8-10-28(11-9-27)21-18(4-3-7-24-21)19-13-26-20(30)14-25-19/h3-4,7,13-14,17H,2,5-6,8-12,15-16H2,1H3,(H,26,30). The number of amides is 1. The molecule has 1 amide bonds. The van der Waals surface area contributed by atoms with Crippen molar-refractivity contribution in [1.29, 1.82) is 0 Å². The van der Waals surface area contributed by atoms with Crippen LogP contribution in [0.15, 0.2) is 35.5 Å². The van der Waals surface area contributed by atoms with E-state index in [1.165, 1.54) is 25.5 Å². The van der Waals surface area contributed by atoms with Gasteiger partial charge in [0, 0.05) is 68.7 Å². The van der Waals surface area contributed by atoms with Crippen LogP contribution in [-0.4, -0.2) is 82.8 Å². The molecule has 4 heterocycles. The second-order valence-electron chi connectivity index (χ2n) is 9.15. The maximum Gasteiger partial charge on any atom is 0.409 e. The maximum atomic E-state index is 11.9. The number of piperazine rings is 1. The lowest BCUT2D eigenvalue weighted by molar-refractivity contribution is -0.00294. The van der Waals surface area contributed by atoms with Crippen molar-refractivity contribution in [2.45, 2.75) is 32.2 Å². The molecule has 1 spiro atoms. The van der Waals surface area contributed by atoms with Crippen LogP contribution in [0.1, 0.15) is 26.2 Å². The third-order valence-corrected chi connectivity index (χ3v) is 7.12. The first-order valence-electron chi connectivity index (χ1n) is 11.5. The van der Waals surface area contributed by atoms with Gasteiger partial charge >= 0.3 is 6.09 Å². The van der Waals surface area contributed by atoms with Gasteiger partial charge in [-0.25, -0.2) is 14.8 Å². The highest BCUT2D eigenvalue weighted by Crippen LogP contribution is 2.47. The van der Waals surface area contributed by atoms with Crippen LogP contribution in [-0.2, 0) is 4.74 Å². The topological polar surface area (TPSA) is 94.7 Å². The van der Waals surface area contributed by atoms with Gasteiger partial charge in [-0.15, -0.1) is 0 Å². The molecule has 1 N–H and O–H groups in total. The van der Waals surface area contributed by atoms with Crippen LogP contribution in [0, 0.1) is 5.41 Å². The normalized spacial score (nSPS) is 22.7. The van der Waals surface area contributed by atoms with Crippen LogP contribution in [0.25, 0.3) is 11.3 Å². The van der Waals surface area contributed by atoms with Crippen LogP contribution in [0.2, 0.25) is 0 Å². The molecule has 0 aromatic carbocycles. The van der Waals surface area contributed by atoms with Crippen molar-refractivity contribution in [1.82, 2.24) is 24.8 Å². The quantitative estimate of drug-likeness (QED) is 0.780. The molecular formula is C23H30N6O3. The summed E-state index contributed by atoms with van der Waals surface area (Å²) in [4.78, 5) is 41.7. The number of carbonyl (C=O) groups is 1. The van der Waals surface area contributed by atoms with E-state index in [9.17, 15) is 9.59 Å². The van der Waals surface area contributed by atoms with E-state index in [2.05, 4.69) is 24.8 Å². The Bertz CT molecular complexity index is 1010. The smallest absolute Gasteiger partial charge is 0.409 e. The van der Waals surface area contributed by atoms with Crippen molar-refractivity contribution in [3.8, 4) is 11.3 Å². The zero-order valence-corrected chi connectivity index (χ0v) is 18.5. The molecule has 9 heteroatoms. The summed E-state index contributed by atoms with van der Waals surface area (Å²) in [5.74, 6) is 0.915. The second kappa shape index (κ2) is 8.54. The molecule has 3 aliphatic rings. The maximum absolute atomic E-state index is 11.9. The van der Waals surface area contributed by atoms with E-state index in [-0.39, 0.29) is 11.7 Å². The van der Waals surface area contributed by atoms with Crippen molar-refractivity contribution < 1.29 is 9.53 Å². The SMILES string of the molecule is CCOC(=O)N1CC2(CCC(N3CCN(c4ncccc4-c4c[nH]c(=O)cn4)CC3)C2)C1. The molecule has 3 fully saturated rings. The lowest BCUT2D eigenvalue weighted by atomic mass is 9.78. The van der Waals surface area contributed by atoms with E-state index in [0.717, 1.165) is 56.3 Å². The summed E-state index contributed by atoms with van der Waals surface area (Å²) in [6.07, 6.45) is 8.16. The molecule has 0 radical (unpaired) electrons. The summed E-state index contributed by atoms with van der Waals surface area (Å²) in [5.41, 5.74) is 1.74. The molecule has 9 nitrogen and oxygen atoms in total. The molecule has 5 rings (SSSR count). The number of aromatic nitrogens is 3. The Hall–Kier alpha value is -2.94. The van der Waals surface area contributed by atoms with E-state index in [4.69, 9.17) is 4.74 Å². The zero-order chi connectivity index (χ0) is 22.1. The number of hydrogen-bond donors (Lipinski definition) is 1. The van der Waals surface area contributed by atoms with Gasteiger partial charge in [-0.2, -0.15) is 0 Å². The Morgan fingerprint density at radius 3 is 2.78 bits per heavy atom. The van der Waals surface area contributed by atoms with Crippen LogP contribution in [0.4, 0.5) is 10.6 Å². The van der Waals surface area contributed by atoms with Crippen molar-refractivity contribution in [2.75, 3.05) is 50.8 Å². The summed E-state index contributed by atoms with van der Waals surface area (Å²) in [6, 6.07) is 4.49. The predicted octanol–water partition coefficient (Wildman–Crippen LogP) is 1.96. The van der Waals surface area contributed by atoms with Crippen molar-refractivity contribution in [2.24, 2.45) is 5.41 Å². The Labute approximate surface area is 187 Å². The minimum atomic E-state index is -0.209.